The molecule has 0 unspecified atom stereocenters. The van der Waals surface area contributed by atoms with Gasteiger partial charge in [0.2, 0.25) is 5.56 Å². The lowest BCUT2D eigenvalue weighted by Crippen LogP contribution is -2.13. The molecule has 0 radical (unpaired) electrons. The molecule has 0 saturated carbocycles. The Bertz CT molecular complexity index is 1230. The highest BCUT2D eigenvalue weighted by Crippen LogP contribution is 2.28. The molecule has 0 atom stereocenters. The Labute approximate surface area is 199 Å². The van der Waals surface area contributed by atoms with Gasteiger partial charge in [0.25, 0.3) is 0 Å². The van der Waals surface area contributed by atoms with Crippen LogP contribution in [0.2, 0.25) is 5.02 Å². The standard InChI is InChI=1S/C19H16ClN3O.C8H12O/c1-23-12-16(6-7-19(23)24)14-2-4-15(5-3-14)17-8-10-21-13-22-11-9-18(17)20;1-3-5-7-8(9)6-4-2/h2-13H,1H3,(H,21,22);3-7,9H,1-2H3/b;5-3+,6-4-,8-7+. The van der Waals surface area contributed by atoms with E-state index in [-0.39, 0.29) is 11.3 Å². The third-order valence-corrected chi connectivity index (χ3v) is 4.80. The number of H-pyrrole nitrogens is 1. The van der Waals surface area contributed by atoms with Gasteiger partial charge in [0.1, 0.15) is 5.76 Å². The number of nitrogens with zero attached hydrogens (tertiary/aromatic N) is 2. The zero-order valence-electron chi connectivity index (χ0n) is 18.9. The maximum absolute atomic E-state index is 11.5. The van der Waals surface area contributed by atoms with Crippen LogP contribution in [0.15, 0.2) is 114 Å². The van der Waals surface area contributed by atoms with Crippen molar-refractivity contribution >= 4 is 11.6 Å². The van der Waals surface area contributed by atoms with Gasteiger partial charge >= 0.3 is 0 Å². The van der Waals surface area contributed by atoms with Gasteiger partial charge in [0.05, 0.1) is 6.33 Å². The van der Waals surface area contributed by atoms with E-state index in [1.54, 1.807) is 66.8 Å². The predicted molar refractivity (Wildman–Crippen MR) is 138 cm³/mol. The first-order valence-electron chi connectivity index (χ1n) is 10.4. The number of aryl methyl sites for hydroxylation is 1. The molecule has 3 rings (SSSR count). The van der Waals surface area contributed by atoms with Crippen LogP contribution < -0.4 is 5.56 Å². The number of hydrogen-bond acceptors (Lipinski definition) is 3. The van der Waals surface area contributed by atoms with Crippen molar-refractivity contribution in [2.45, 2.75) is 13.8 Å². The molecule has 3 aromatic rings. The number of pyridine rings is 1. The molecule has 0 amide bonds. The molecule has 0 aliphatic carbocycles. The number of rotatable bonds is 4. The Morgan fingerprint density at radius 2 is 1.70 bits per heavy atom. The fourth-order valence-electron chi connectivity index (χ4n) is 2.80. The van der Waals surface area contributed by atoms with Crippen molar-refractivity contribution in [2.24, 2.45) is 7.05 Å². The normalized spacial score (nSPS) is 11.2. The Hall–Kier alpha value is -3.83. The van der Waals surface area contributed by atoms with E-state index >= 15 is 0 Å². The highest BCUT2D eigenvalue weighted by Gasteiger charge is 2.03. The molecule has 0 aliphatic rings. The summed E-state index contributed by atoms with van der Waals surface area (Å²) in [7, 11) is 1.74. The summed E-state index contributed by atoms with van der Waals surface area (Å²) in [5, 5.41) is 9.53. The minimum Gasteiger partial charge on any atom is -0.508 e. The molecule has 6 heteroatoms. The zero-order valence-corrected chi connectivity index (χ0v) is 19.7. The van der Waals surface area contributed by atoms with Crippen LogP contribution in [0, 0.1) is 0 Å². The van der Waals surface area contributed by atoms with Crippen LogP contribution in [0.1, 0.15) is 13.8 Å². The molecular formula is C27H28ClN3O2. The number of aromatic amines is 1. The van der Waals surface area contributed by atoms with Crippen molar-refractivity contribution in [3.05, 3.63) is 125 Å². The lowest BCUT2D eigenvalue weighted by Gasteiger charge is -2.06. The molecule has 0 fully saturated rings. The summed E-state index contributed by atoms with van der Waals surface area (Å²) in [5.41, 5.74) is 3.88. The number of benzene rings is 1. The summed E-state index contributed by atoms with van der Waals surface area (Å²) in [6, 6.07) is 15.1. The summed E-state index contributed by atoms with van der Waals surface area (Å²) in [6.07, 6.45) is 15.6. The van der Waals surface area contributed by atoms with E-state index in [2.05, 4.69) is 9.97 Å². The fourth-order valence-corrected chi connectivity index (χ4v) is 3.03. The number of halogens is 1. The first kappa shape index (κ1) is 25.4. The van der Waals surface area contributed by atoms with Crippen molar-refractivity contribution < 1.29 is 5.11 Å². The molecule has 5 nitrogen and oxygen atoms in total. The Kier molecular flexibility index (Phi) is 10.4. The molecule has 0 spiro atoms. The van der Waals surface area contributed by atoms with Crippen LogP contribution in [0.5, 0.6) is 0 Å². The lowest BCUT2D eigenvalue weighted by molar-refractivity contribution is 0.432. The Morgan fingerprint density at radius 1 is 1.00 bits per heavy atom. The zero-order chi connectivity index (χ0) is 24.1. The van der Waals surface area contributed by atoms with Gasteiger partial charge in [-0.2, -0.15) is 0 Å². The van der Waals surface area contributed by atoms with E-state index in [9.17, 15) is 4.79 Å². The average Bonchev–Trinajstić information content (AvgIpc) is 2.92. The van der Waals surface area contributed by atoms with Crippen LogP contribution in [-0.4, -0.2) is 19.6 Å². The second-order valence-electron chi connectivity index (χ2n) is 6.92. The van der Waals surface area contributed by atoms with E-state index in [0.717, 1.165) is 22.3 Å². The van der Waals surface area contributed by atoms with E-state index in [1.807, 2.05) is 62.5 Å². The molecular weight excluding hydrogens is 434 g/mol. The largest absolute Gasteiger partial charge is 0.508 e. The molecule has 170 valence electrons. The highest BCUT2D eigenvalue weighted by atomic mass is 35.5. The molecule has 0 saturated heterocycles. The summed E-state index contributed by atoms with van der Waals surface area (Å²) >= 11 is 6.37. The molecule has 2 aromatic heterocycles. The van der Waals surface area contributed by atoms with Gasteiger partial charge in [-0.05, 0) is 60.9 Å². The molecule has 33 heavy (non-hydrogen) atoms. The van der Waals surface area contributed by atoms with Gasteiger partial charge in [-0.1, -0.05) is 54.1 Å². The minimum atomic E-state index is -0.0241. The highest BCUT2D eigenvalue weighted by molar-refractivity contribution is 6.33. The molecule has 1 aromatic carbocycles. The average molecular weight is 462 g/mol. The van der Waals surface area contributed by atoms with Crippen LogP contribution in [-0.2, 0) is 7.05 Å². The van der Waals surface area contributed by atoms with Gasteiger partial charge in [0.15, 0.2) is 0 Å². The number of aliphatic hydroxyl groups excluding tert-OH is 1. The van der Waals surface area contributed by atoms with Gasteiger partial charge in [-0.15, -0.1) is 0 Å². The van der Waals surface area contributed by atoms with Crippen molar-refractivity contribution in [1.82, 2.24) is 14.5 Å². The number of aromatic nitrogens is 3. The lowest BCUT2D eigenvalue weighted by atomic mass is 10.0. The quantitative estimate of drug-likeness (QED) is 0.331. The summed E-state index contributed by atoms with van der Waals surface area (Å²) < 4.78 is 1.57. The molecule has 0 bridgehead atoms. The fraction of sp³-hybridized carbons (Fsp3) is 0.111. The van der Waals surface area contributed by atoms with Gasteiger partial charge < -0.3 is 14.7 Å². The Balaban J connectivity index is 0.000000365. The minimum absolute atomic E-state index is 0.0241. The van der Waals surface area contributed by atoms with E-state index in [0.29, 0.717) is 5.02 Å². The monoisotopic (exact) mass is 461 g/mol. The first-order chi connectivity index (χ1) is 16.0. The SMILES string of the molecule is C\C=C/C(O)=C\C=C\C.Cn1cc(-c2ccc(-c3ccnc[nH]ccc3Cl)cc2)ccc1=O. The van der Waals surface area contributed by atoms with Gasteiger partial charge in [-0.3, -0.25) is 4.79 Å². The van der Waals surface area contributed by atoms with E-state index in [4.69, 9.17) is 16.7 Å². The maximum atomic E-state index is 11.5. The third-order valence-electron chi connectivity index (χ3n) is 4.47. The van der Waals surface area contributed by atoms with E-state index < -0.39 is 0 Å². The van der Waals surface area contributed by atoms with E-state index in [1.165, 1.54) is 0 Å². The predicted octanol–water partition coefficient (Wildman–Crippen LogP) is 6.80. The van der Waals surface area contributed by atoms with Gasteiger partial charge in [0, 0.05) is 42.3 Å². The number of allylic oxidation sites excluding steroid dienone is 5. The second kappa shape index (κ2) is 13.6. The molecule has 0 aliphatic heterocycles. The molecule has 2 heterocycles. The number of aliphatic hydroxyl groups is 1. The number of hydrogen-bond donors (Lipinski definition) is 2. The first-order valence-corrected chi connectivity index (χ1v) is 10.8. The van der Waals surface area contributed by atoms with Crippen LogP contribution in [0.3, 0.4) is 0 Å². The van der Waals surface area contributed by atoms with Crippen molar-refractivity contribution in [1.29, 1.82) is 0 Å². The van der Waals surface area contributed by atoms with Crippen LogP contribution in [0.4, 0.5) is 0 Å². The maximum Gasteiger partial charge on any atom is 0.250 e. The Morgan fingerprint density at radius 3 is 2.36 bits per heavy atom. The summed E-state index contributed by atoms with van der Waals surface area (Å²) in [5.74, 6) is 0.288. The van der Waals surface area contributed by atoms with Crippen LogP contribution in [0.25, 0.3) is 22.3 Å². The van der Waals surface area contributed by atoms with Crippen LogP contribution >= 0.6 is 11.6 Å². The summed E-state index contributed by atoms with van der Waals surface area (Å²) in [6.45, 7) is 3.76. The van der Waals surface area contributed by atoms with Crippen molar-refractivity contribution in [2.75, 3.05) is 0 Å². The topological polar surface area (TPSA) is 70.9 Å². The second-order valence-corrected chi connectivity index (χ2v) is 7.32. The van der Waals surface area contributed by atoms with Gasteiger partial charge in [-0.25, -0.2) is 4.98 Å². The number of nitrogens with one attached hydrogen (secondary N) is 1. The van der Waals surface area contributed by atoms with Crippen molar-refractivity contribution in [3.8, 4) is 22.3 Å². The van der Waals surface area contributed by atoms with Crippen molar-refractivity contribution in [3.63, 3.8) is 0 Å². The smallest absolute Gasteiger partial charge is 0.250 e. The molecule has 2 N–H and O–H groups in total. The summed E-state index contributed by atoms with van der Waals surface area (Å²) in [4.78, 5) is 18.5. The third kappa shape index (κ3) is 8.31.